The van der Waals surface area contributed by atoms with Crippen LogP contribution >= 0.6 is 11.8 Å². The van der Waals surface area contributed by atoms with Crippen molar-refractivity contribution in [3.8, 4) is 11.4 Å². The Morgan fingerprint density at radius 1 is 1.00 bits per heavy atom. The van der Waals surface area contributed by atoms with Gasteiger partial charge in [0, 0.05) is 24.0 Å². The number of rotatable bonds is 9. The smallest absolute Gasteiger partial charge is 0.253 e. The molecule has 0 unspecified atom stereocenters. The van der Waals surface area contributed by atoms with Gasteiger partial charge in [-0.1, -0.05) is 54.2 Å². The zero-order valence-corrected chi connectivity index (χ0v) is 20.6. The van der Waals surface area contributed by atoms with Crippen LogP contribution in [-0.2, 0) is 4.79 Å². The highest BCUT2D eigenvalue weighted by molar-refractivity contribution is 7.99. The normalized spacial score (nSPS) is 13.7. The predicted octanol–water partition coefficient (Wildman–Crippen LogP) is 4.90. The predicted molar refractivity (Wildman–Crippen MR) is 140 cm³/mol. The zero-order chi connectivity index (χ0) is 24.9. The average molecular weight is 499 g/mol. The van der Waals surface area contributed by atoms with Gasteiger partial charge in [0.2, 0.25) is 5.91 Å². The van der Waals surface area contributed by atoms with Gasteiger partial charge in [-0.25, -0.2) is 0 Å². The van der Waals surface area contributed by atoms with Crippen LogP contribution in [0.25, 0.3) is 11.4 Å². The van der Waals surface area contributed by atoms with Crippen LogP contribution < -0.4 is 10.6 Å². The van der Waals surface area contributed by atoms with E-state index in [1.807, 2.05) is 49.4 Å². The molecule has 5 rings (SSSR count). The van der Waals surface area contributed by atoms with E-state index in [1.165, 1.54) is 11.8 Å². The van der Waals surface area contributed by atoms with E-state index >= 15 is 0 Å². The first-order valence-electron chi connectivity index (χ1n) is 11.8. The number of nitrogens with one attached hydrogen (secondary N) is 2. The van der Waals surface area contributed by atoms with Crippen LogP contribution in [0.15, 0.2) is 84.3 Å². The molecule has 0 aliphatic heterocycles. The van der Waals surface area contributed by atoms with Crippen LogP contribution in [0, 0.1) is 0 Å². The van der Waals surface area contributed by atoms with Crippen molar-refractivity contribution in [1.29, 1.82) is 0 Å². The number of carbonyl (C=O) groups excluding carboxylic acids is 2. The summed E-state index contributed by atoms with van der Waals surface area (Å²) in [6, 6.07) is 20.8. The minimum atomic E-state index is -0.245. The third-order valence-corrected chi connectivity index (χ3v) is 6.88. The van der Waals surface area contributed by atoms with Gasteiger partial charge < -0.3 is 10.6 Å². The van der Waals surface area contributed by atoms with Gasteiger partial charge in [-0.2, -0.15) is 0 Å². The average Bonchev–Trinajstić information content (AvgIpc) is 3.67. The van der Waals surface area contributed by atoms with Crippen LogP contribution in [-0.4, -0.2) is 37.3 Å². The molecule has 0 radical (unpaired) electrons. The van der Waals surface area contributed by atoms with E-state index in [-0.39, 0.29) is 23.6 Å². The standard InChI is InChI=1S/C27H26N6O2S/c1-18(19-7-3-2-4-8-19)29-26(35)22-9-5-6-10-23(22)30-24(34)17-36-27-32-31-25(33(27)21-11-12-21)20-13-15-28-16-14-20/h2-10,13-16,18,21H,11-12,17H2,1H3,(H,29,35)(H,30,34)/t18-/m1/s1. The lowest BCUT2D eigenvalue weighted by Gasteiger charge is -2.16. The van der Waals surface area contributed by atoms with Crippen LogP contribution in [0.4, 0.5) is 5.69 Å². The summed E-state index contributed by atoms with van der Waals surface area (Å²) in [5.41, 5.74) is 2.85. The van der Waals surface area contributed by atoms with Crippen molar-refractivity contribution in [2.75, 3.05) is 11.1 Å². The Bertz CT molecular complexity index is 1360. The lowest BCUT2D eigenvalue weighted by molar-refractivity contribution is -0.113. The number of nitrogens with zero attached hydrogens (tertiary/aromatic N) is 4. The van der Waals surface area contributed by atoms with Gasteiger partial charge in [0.1, 0.15) is 0 Å². The molecule has 36 heavy (non-hydrogen) atoms. The van der Waals surface area contributed by atoms with Crippen molar-refractivity contribution in [1.82, 2.24) is 25.1 Å². The van der Waals surface area contributed by atoms with Gasteiger partial charge in [-0.05, 0) is 49.6 Å². The minimum Gasteiger partial charge on any atom is -0.345 e. The Balaban J connectivity index is 1.25. The monoisotopic (exact) mass is 498 g/mol. The maximum Gasteiger partial charge on any atom is 0.253 e. The van der Waals surface area contributed by atoms with Gasteiger partial charge in [-0.15, -0.1) is 10.2 Å². The Morgan fingerprint density at radius 2 is 1.72 bits per heavy atom. The Hall–Kier alpha value is -3.98. The van der Waals surface area contributed by atoms with Gasteiger partial charge in [0.25, 0.3) is 5.91 Å². The van der Waals surface area contributed by atoms with Crippen LogP contribution in [0.2, 0.25) is 0 Å². The molecule has 4 aromatic rings. The second-order valence-electron chi connectivity index (χ2n) is 8.63. The molecule has 1 fully saturated rings. The van der Waals surface area contributed by atoms with Crippen molar-refractivity contribution in [2.45, 2.75) is 37.0 Å². The number of hydrogen-bond donors (Lipinski definition) is 2. The number of anilines is 1. The van der Waals surface area contributed by atoms with Crippen LogP contribution in [0.5, 0.6) is 0 Å². The highest BCUT2D eigenvalue weighted by Crippen LogP contribution is 2.41. The molecule has 1 atom stereocenters. The summed E-state index contributed by atoms with van der Waals surface area (Å²) >= 11 is 1.34. The fraction of sp³-hybridized carbons (Fsp3) is 0.222. The molecule has 1 saturated carbocycles. The summed E-state index contributed by atoms with van der Waals surface area (Å²) in [6.07, 6.45) is 5.60. The number of amides is 2. The van der Waals surface area contributed by atoms with Crippen molar-refractivity contribution in [3.63, 3.8) is 0 Å². The summed E-state index contributed by atoms with van der Waals surface area (Å²) in [5, 5.41) is 15.3. The fourth-order valence-corrected chi connectivity index (χ4v) is 4.75. The molecular weight excluding hydrogens is 472 g/mol. The maximum atomic E-state index is 13.0. The maximum absolute atomic E-state index is 13.0. The highest BCUT2D eigenvalue weighted by atomic mass is 32.2. The molecule has 1 aliphatic rings. The highest BCUT2D eigenvalue weighted by Gasteiger charge is 2.30. The molecule has 0 spiro atoms. The van der Waals surface area contributed by atoms with E-state index < -0.39 is 0 Å². The van der Waals surface area contributed by atoms with E-state index in [0.717, 1.165) is 29.8 Å². The molecule has 2 N–H and O–H groups in total. The van der Waals surface area contributed by atoms with Gasteiger partial charge in [0.05, 0.1) is 23.0 Å². The Kier molecular flexibility index (Phi) is 7.08. The topological polar surface area (TPSA) is 102 Å². The number of benzene rings is 2. The van der Waals surface area contributed by atoms with Gasteiger partial charge in [-0.3, -0.25) is 19.1 Å². The molecule has 1 aliphatic carbocycles. The van der Waals surface area contributed by atoms with E-state index in [2.05, 4.69) is 30.4 Å². The summed E-state index contributed by atoms with van der Waals surface area (Å²) in [6.45, 7) is 1.93. The molecule has 0 saturated heterocycles. The molecule has 2 aromatic carbocycles. The number of pyridine rings is 1. The lowest BCUT2D eigenvalue weighted by atomic mass is 10.1. The van der Waals surface area contributed by atoms with Crippen LogP contribution in [0.1, 0.15) is 47.8 Å². The first kappa shape index (κ1) is 23.7. The molecule has 2 heterocycles. The van der Waals surface area contributed by atoms with Crippen molar-refractivity contribution in [2.24, 2.45) is 0 Å². The minimum absolute atomic E-state index is 0.150. The summed E-state index contributed by atoms with van der Waals surface area (Å²) in [7, 11) is 0. The SMILES string of the molecule is C[C@@H](NC(=O)c1ccccc1NC(=O)CSc1nnc(-c2ccncc2)n1C1CC1)c1ccccc1. The largest absolute Gasteiger partial charge is 0.345 e. The summed E-state index contributed by atoms with van der Waals surface area (Å²) < 4.78 is 2.11. The number of hydrogen-bond acceptors (Lipinski definition) is 6. The van der Waals surface area contributed by atoms with E-state index in [9.17, 15) is 9.59 Å². The Morgan fingerprint density at radius 3 is 2.47 bits per heavy atom. The number of aromatic nitrogens is 4. The fourth-order valence-electron chi connectivity index (χ4n) is 3.94. The summed E-state index contributed by atoms with van der Waals surface area (Å²) in [4.78, 5) is 29.9. The molecule has 2 amide bonds. The Labute approximate surface area is 213 Å². The van der Waals surface area contributed by atoms with Crippen molar-refractivity contribution < 1.29 is 9.59 Å². The number of para-hydroxylation sites is 1. The molecular formula is C27H26N6O2S. The molecule has 9 heteroatoms. The van der Waals surface area contributed by atoms with Crippen molar-refractivity contribution >= 4 is 29.3 Å². The third kappa shape index (κ3) is 5.46. The second-order valence-corrected chi connectivity index (χ2v) is 9.57. The zero-order valence-electron chi connectivity index (χ0n) is 19.8. The van der Waals surface area contributed by atoms with Gasteiger partial charge >= 0.3 is 0 Å². The quantitative estimate of drug-likeness (QED) is 0.319. The van der Waals surface area contributed by atoms with Crippen molar-refractivity contribution in [3.05, 3.63) is 90.3 Å². The molecule has 0 bridgehead atoms. The number of carbonyl (C=O) groups is 2. The molecule has 8 nitrogen and oxygen atoms in total. The van der Waals surface area contributed by atoms with E-state index in [4.69, 9.17) is 0 Å². The molecule has 2 aromatic heterocycles. The van der Waals surface area contributed by atoms with Gasteiger partial charge in [0.15, 0.2) is 11.0 Å². The van der Waals surface area contributed by atoms with E-state index in [0.29, 0.717) is 22.4 Å². The molecule has 182 valence electrons. The number of thioether (sulfide) groups is 1. The summed E-state index contributed by atoms with van der Waals surface area (Å²) in [5.74, 6) is 0.479. The second kappa shape index (κ2) is 10.7. The lowest BCUT2D eigenvalue weighted by Crippen LogP contribution is -2.28. The van der Waals surface area contributed by atoms with E-state index in [1.54, 1.807) is 36.7 Å². The first-order chi connectivity index (χ1) is 17.6. The third-order valence-electron chi connectivity index (χ3n) is 5.94. The van der Waals surface area contributed by atoms with Crippen LogP contribution in [0.3, 0.4) is 0 Å². The first-order valence-corrected chi connectivity index (χ1v) is 12.8.